The summed E-state index contributed by atoms with van der Waals surface area (Å²) >= 11 is 0. The normalized spacial score (nSPS) is 21.7. The number of ether oxygens (including phenoxy) is 2. The maximum atomic E-state index is 13.4. The third-order valence-corrected chi connectivity index (χ3v) is 6.02. The topological polar surface area (TPSA) is 76.2 Å². The Balaban J connectivity index is 1.76. The van der Waals surface area contributed by atoms with E-state index in [4.69, 9.17) is 9.47 Å². The van der Waals surface area contributed by atoms with Crippen molar-refractivity contribution in [3.63, 3.8) is 0 Å². The Bertz CT molecular complexity index is 794. The molecule has 31 heavy (non-hydrogen) atoms. The van der Waals surface area contributed by atoms with E-state index >= 15 is 0 Å². The van der Waals surface area contributed by atoms with E-state index in [1.54, 1.807) is 27.7 Å². The van der Waals surface area contributed by atoms with Crippen molar-refractivity contribution >= 4 is 17.8 Å². The zero-order valence-corrected chi connectivity index (χ0v) is 19.1. The van der Waals surface area contributed by atoms with Crippen LogP contribution in [0.1, 0.15) is 46.1 Å². The summed E-state index contributed by atoms with van der Waals surface area (Å²) in [5.74, 6) is -1.60. The van der Waals surface area contributed by atoms with Gasteiger partial charge in [0.2, 0.25) is 0 Å². The molecule has 7 heteroatoms. The van der Waals surface area contributed by atoms with Crippen molar-refractivity contribution in [1.29, 1.82) is 0 Å². The quantitative estimate of drug-likeness (QED) is 0.539. The molecule has 0 saturated carbocycles. The fourth-order valence-corrected chi connectivity index (χ4v) is 4.46. The highest BCUT2D eigenvalue weighted by Gasteiger charge is 2.53. The molecule has 1 spiro atoms. The first kappa shape index (κ1) is 23.3. The number of ketones is 1. The maximum Gasteiger partial charge on any atom is 0.410 e. The van der Waals surface area contributed by atoms with Crippen molar-refractivity contribution in [2.24, 2.45) is 11.3 Å². The van der Waals surface area contributed by atoms with E-state index < -0.39 is 29.0 Å². The number of carbonyl (C=O) groups excluding carboxylic acids is 3. The van der Waals surface area contributed by atoms with Crippen LogP contribution in [0.3, 0.4) is 0 Å². The van der Waals surface area contributed by atoms with Gasteiger partial charge < -0.3 is 14.4 Å². The van der Waals surface area contributed by atoms with E-state index in [-0.39, 0.29) is 25.5 Å². The van der Waals surface area contributed by atoms with Crippen LogP contribution in [0.25, 0.3) is 0 Å². The fourth-order valence-electron chi connectivity index (χ4n) is 4.46. The number of amides is 1. The molecular formula is C24H34N2O5. The van der Waals surface area contributed by atoms with Gasteiger partial charge in [0.15, 0.2) is 5.78 Å². The minimum absolute atomic E-state index is 0.0159. The summed E-state index contributed by atoms with van der Waals surface area (Å²) < 4.78 is 10.7. The van der Waals surface area contributed by atoms with Gasteiger partial charge in [-0.1, -0.05) is 30.3 Å². The number of nitrogens with zero attached hydrogens (tertiary/aromatic N) is 2. The molecule has 2 aliphatic rings. The van der Waals surface area contributed by atoms with Gasteiger partial charge in [-0.3, -0.25) is 14.5 Å². The number of hydrogen-bond donors (Lipinski definition) is 0. The van der Waals surface area contributed by atoms with Gasteiger partial charge in [0, 0.05) is 19.6 Å². The Hall–Kier alpha value is -2.41. The van der Waals surface area contributed by atoms with Crippen LogP contribution in [0, 0.1) is 11.3 Å². The van der Waals surface area contributed by atoms with Crippen molar-refractivity contribution in [2.75, 3.05) is 32.8 Å². The molecule has 0 bridgehead atoms. The number of hydrogen-bond acceptors (Lipinski definition) is 6. The Kier molecular flexibility index (Phi) is 7.04. The zero-order valence-electron chi connectivity index (χ0n) is 19.1. The molecule has 2 aliphatic heterocycles. The Labute approximate surface area is 184 Å². The van der Waals surface area contributed by atoms with Crippen molar-refractivity contribution in [1.82, 2.24) is 9.80 Å². The van der Waals surface area contributed by atoms with Crippen molar-refractivity contribution < 1.29 is 23.9 Å². The van der Waals surface area contributed by atoms with Gasteiger partial charge >= 0.3 is 12.1 Å². The molecule has 1 unspecified atom stereocenters. The highest BCUT2D eigenvalue weighted by atomic mass is 16.6. The first-order chi connectivity index (χ1) is 14.6. The van der Waals surface area contributed by atoms with Crippen LogP contribution < -0.4 is 0 Å². The SMILES string of the molecule is CCOC(=O)C1CN(C(=O)OC(C)(C)C)CC2(CCN(Cc3ccccc3)CC2)C1=O. The summed E-state index contributed by atoms with van der Waals surface area (Å²) in [6, 6.07) is 10.2. The number of esters is 1. The van der Waals surface area contributed by atoms with Gasteiger partial charge in [-0.2, -0.15) is 0 Å². The molecule has 2 fully saturated rings. The smallest absolute Gasteiger partial charge is 0.410 e. The second-order valence-electron chi connectivity index (χ2n) is 9.57. The lowest BCUT2D eigenvalue weighted by Crippen LogP contribution is -2.61. The van der Waals surface area contributed by atoms with Crippen LogP contribution in [-0.2, 0) is 25.6 Å². The predicted molar refractivity (Wildman–Crippen MR) is 116 cm³/mol. The summed E-state index contributed by atoms with van der Waals surface area (Å²) in [7, 11) is 0. The Morgan fingerprint density at radius 1 is 1.13 bits per heavy atom. The molecule has 3 rings (SSSR count). The van der Waals surface area contributed by atoms with E-state index in [0.717, 1.165) is 19.6 Å². The molecule has 0 N–H and O–H groups in total. The molecule has 1 amide bonds. The summed E-state index contributed by atoms with van der Waals surface area (Å²) in [6.45, 7) is 9.93. The lowest BCUT2D eigenvalue weighted by atomic mass is 9.68. The first-order valence-electron chi connectivity index (χ1n) is 11.1. The maximum absolute atomic E-state index is 13.4. The molecule has 2 saturated heterocycles. The summed E-state index contributed by atoms with van der Waals surface area (Å²) in [4.78, 5) is 42.7. The monoisotopic (exact) mass is 430 g/mol. The van der Waals surface area contributed by atoms with Crippen molar-refractivity contribution in [3.8, 4) is 0 Å². The minimum Gasteiger partial charge on any atom is -0.465 e. The Morgan fingerprint density at radius 3 is 2.35 bits per heavy atom. The lowest BCUT2D eigenvalue weighted by molar-refractivity contribution is -0.160. The highest BCUT2D eigenvalue weighted by molar-refractivity contribution is 6.03. The zero-order chi connectivity index (χ0) is 22.6. The lowest BCUT2D eigenvalue weighted by Gasteiger charge is -2.48. The molecule has 0 aliphatic carbocycles. The molecule has 2 heterocycles. The number of likely N-dealkylation sites (tertiary alicyclic amines) is 2. The fraction of sp³-hybridized carbons (Fsp3) is 0.625. The molecule has 7 nitrogen and oxygen atoms in total. The van der Waals surface area contributed by atoms with Gasteiger partial charge in [0.1, 0.15) is 11.5 Å². The summed E-state index contributed by atoms with van der Waals surface area (Å²) in [5.41, 5.74) is -0.155. The van der Waals surface area contributed by atoms with Gasteiger partial charge in [0.05, 0.1) is 12.0 Å². The van der Waals surface area contributed by atoms with Gasteiger partial charge in [-0.05, 0) is 59.2 Å². The van der Waals surface area contributed by atoms with Gasteiger partial charge in [-0.25, -0.2) is 4.79 Å². The molecule has 0 aromatic heterocycles. The number of Topliss-reactive ketones (excluding diaryl/α,β-unsaturated/α-hetero) is 1. The van der Waals surface area contributed by atoms with Gasteiger partial charge in [-0.15, -0.1) is 0 Å². The van der Waals surface area contributed by atoms with Gasteiger partial charge in [0.25, 0.3) is 0 Å². The van der Waals surface area contributed by atoms with E-state index in [0.29, 0.717) is 12.8 Å². The van der Waals surface area contributed by atoms with Crippen LogP contribution in [0.15, 0.2) is 30.3 Å². The number of carbonyl (C=O) groups is 3. The second kappa shape index (κ2) is 9.39. The third-order valence-electron chi connectivity index (χ3n) is 6.02. The van der Waals surface area contributed by atoms with E-state index in [2.05, 4.69) is 17.0 Å². The van der Waals surface area contributed by atoms with E-state index in [9.17, 15) is 14.4 Å². The second-order valence-corrected chi connectivity index (χ2v) is 9.57. The number of benzene rings is 1. The number of rotatable bonds is 4. The summed E-state index contributed by atoms with van der Waals surface area (Å²) in [6.07, 6.45) is 0.724. The van der Waals surface area contributed by atoms with E-state index in [1.807, 2.05) is 18.2 Å². The molecule has 170 valence electrons. The molecule has 1 aromatic rings. The molecule has 0 radical (unpaired) electrons. The minimum atomic E-state index is -0.957. The average molecular weight is 431 g/mol. The standard InChI is InChI=1S/C24H34N2O5/c1-5-30-21(28)19-16-26(22(29)31-23(2,3)4)17-24(20(19)27)11-13-25(14-12-24)15-18-9-7-6-8-10-18/h6-10,19H,5,11-17H2,1-4H3. The molecule has 1 aromatic carbocycles. The van der Waals surface area contributed by atoms with Crippen LogP contribution in [0.4, 0.5) is 4.79 Å². The predicted octanol–water partition coefficient (Wildman–Crippen LogP) is 3.27. The summed E-state index contributed by atoms with van der Waals surface area (Å²) in [5, 5.41) is 0. The third kappa shape index (κ3) is 5.64. The van der Waals surface area contributed by atoms with Crippen molar-refractivity contribution in [3.05, 3.63) is 35.9 Å². The van der Waals surface area contributed by atoms with Crippen LogP contribution in [-0.4, -0.2) is 66.0 Å². The molecular weight excluding hydrogens is 396 g/mol. The van der Waals surface area contributed by atoms with Crippen LogP contribution >= 0.6 is 0 Å². The Morgan fingerprint density at radius 2 is 1.77 bits per heavy atom. The van der Waals surface area contributed by atoms with Crippen LogP contribution in [0.2, 0.25) is 0 Å². The highest BCUT2D eigenvalue weighted by Crippen LogP contribution is 2.40. The van der Waals surface area contributed by atoms with Crippen molar-refractivity contribution in [2.45, 2.75) is 52.7 Å². The van der Waals surface area contributed by atoms with Crippen LogP contribution in [0.5, 0.6) is 0 Å². The first-order valence-corrected chi connectivity index (χ1v) is 11.1. The molecule has 1 atom stereocenters. The number of piperidine rings is 2. The average Bonchev–Trinajstić information content (AvgIpc) is 2.71. The largest absolute Gasteiger partial charge is 0.465 e. The van der Waals surface area contributed by atoms with E-state index in [1.165, 1.54) is 10.5 Å².